The van der Waals surface area contributed by atoms with Gasteiger partial charge in [-0.2, -0.15) is 11.3 Å². The SMILES string of the molecule is CCCCc1ccc([C@H](O)c2ccsc2)cc1. The van der Waals surface area contributed by atoms with Gasteiger partial charge in [0.05, 0.1) is 0 Å². The van der Waals surface area contributed by atoms with Crippen molar-refractivity contribution in [3.63, 3.8) is 0 Å². The molecule has 0 saturated heterocycles. The molecule has 1 nitrogen and oxygen atoms in total. The molecule has 0 saturated carbocycles. The lowest BCUT2D eigenvalue weighted by atomic mass is 10.0. The molecule has 0 fully saturated rings. The molecule has 1 aromatic carbocycles. The van der Waals surface area contributed by atoms with Crippen LogP contribution in [-0.4, -0.2) is 5.11 Å². The Labute approximate surface area is 107 Å². The molecule has 0 aliphatic rings. The summed E-state index contributed by atoms with van der Waals surface area (Å²) >= 11 is 1.62. The molecule has 0 aliphatic carbocycles. The van der Waals surface area contributed by atoms with Crippen LogP contribution in [0, 0.1) is 0 Å². The van der Waals surface area contributed by atoms with Crippen molar-refractivity contribution < 1.29 is 5.11 Å². The number of aliphatic hydroxyl groups is 1. The number of aryl methyl sites for hydroxylation is 1. The fraction of sp³-hybridized carbons (Fsp3) is 0.333. The summed E-state index contributed by atoms with van der Waals surface area (Å²) in [5.74, 6) is 0. The summed E-state index contributed by atoms with van der Waals surface area (Å²) < 4.78 is 0. The molecule has 0 unspecified atom stereocenters. The van der Waals surface area contributed by atoms with Crippen LogP contribution in [0.2, 0.25) is 0 Å². The minimum atomic E-state index is -0.485. The van der Waals surface area contributed by atoms with E-state index in [2.05, 4.69) is 19.1 Å². The van der Waals surface area contributed by atoms with Gasteiger partial charge in [0, 0.05) is 0 Å². The van der Waals surface area contributed by atoms with E-state index in [0.717, 1.165) is 17.5 Å². The number of aliphatic hydroxyl groups excluding tert-OH is 1. The number of hydrogen-bond acceptors (Lipinski definition) is 2. The number of thiophene rings is 1. The first-order valence-corrected chi connectivity index (χ1v) is 7.04. The predicted octanol–water partition coefficient (Wildman–Crippen LogP) is 4.17. The Morgan fingerprint density at radius 2 is 1.88 bits per heavy atom. The molecule has 1 aromatic heterocycles. The van der Waals surface area contributed by atoms with Crippen LogP contribution in [0.4, 0.5) is 0 Å². The second kappa shape index (κ2) is 5.99. The summed E-state index contributed by atoms with van der Waals surface area (Å²) in [6.45, 7) is 2.20. The highest BCUT2D eigenvalue weighted by atomic mass is 32.1. The van der Waals surface area contributed by atoms with E-state index in [9.17, 15) is 5.11 Å². The predicted molar refractivity (Wildman–Crippen MR) is 73.4 cm³/mol. The monoisotopic (exact) mass is 246 g/mol. The summed E-state index contributed by atoms with van der Waals surface area (Å²) in [5.41, 5.74) is 3.31. The van der Waals surface area contributed by atoms with Crippen molar-refractivity contribution in [3.8, 4) is 0 Å². The Hall–Kier alpha value is -1.12. The number of hydrogen-bond donors (Lipinski definition) is 1. The second-order valence-electron chi connectivity index (χ2n) is 4.30. The number of unbranched alkanes of at least 4 members (excludes halogenated alkanes) is 1. The molecule has 2 aromatic rings. The first kappa shape index (κ1) is 12.3. The molecule has 2 rings (SSSR count). The fourth-order valence-corrected chi connectivity index (χ4v) is 2.55. The lowest BCUT2D eigenvalue weighted by Gasteiger charge is -2.10. The van der Waals surface area contributed by atoms with E-state index in [0.29, 0.717) is 0 Å². The smallest absolute Gasteiger partial charge is 0.105 e. The van der Waals surface area contributed by atoms with E-state index in [1.807, 2.05) is 29.0 Å². The minimum absolute atomic E-state index is 0.485. The van der Waals surface area contributed by atoms with Gasteiger partial charge in [-0.25, -0.2) is 0 Å². The van der Waals surface area contributed by atoms with Crippen molar-refractivity contribution in [3.05, 3.63) is 57.8 Å². The molecule has 0 aliphatic heterocycles. The average Bonchev–Trinajstić information content (AvgIpc) is 2.90. The van der Waals surface area contributed by atoms with Crippen molar-refractivity contribution >= 4 is 11.3 Å². The number of rotatable bonds is 5. The van der Waals surface area contributed by atoms with Crippen molar-refractivity contribution in [2.24, 2.45) is 0 Å². The lowest BCUT2D eigenvalue weighted by Crippen LogP contribution is -1.98. The van der Waals surface area contributed by atoms with E-state index >= 15 is 0 Å². The summed E-state index contributed by atoms with van der Waals surface area (Å²) in [4.78, 5) is 0. The van der Waals surface area contributed by atoms with Gasteiger partial charge in [0.2, 0.25) is 0 Å². The maximum atomic E-state index is 10.2. The highest BCUT2D eigenvalue weighted by Crippen LogP contribution is 2.24. The van der Waals surface area contributed by atoms with Gasteiger partial charge in [-0.1, -0.05) is 37.6 Å². The van der Waals surface area contributed by atoms with E-state index in [1.54, 1.807) is 11.3 Å². The van der Waals surface area contributed by atoms with Crippen molar-refractivity contribution in [2.45, 2.75) is 32.3 Å². The molecule has 0 bridgehead atoms. The summed E-state index contributed by atoms with van der Waals surface area (Å²) in [7, 11) is 0. The van der Waals surface area contributed by atoms with Gasteiger partial charge in [-0.15, -0.1) is 0 Å². The molecular formula is C15H18OS. The Morgan fingerprint density at radius 1 is 1.12 bits per heavy atom. The van der Waals surface area contributed by atoms with Crippen LogP contribution >= 0.6 is 11.3 Å². The van der Waals surface area contributed by atoms with Crippen LogP contribution in [-0.2, 0) is 6.42 Å². The summed E-state index contributed by atoms with van der Waals surface area (Å²) in [5, 5.41) is 14.1. The highest BCUT2D eigenvalue weighted by Gasteiger charge is 2.10. The zero-order valence-electron chi connectivity index (χ0n) is 10.1. The van der Waals surface area contributed by atoms with Gasteiger partial charge in [0.1, 0.15) is 6.10 Å². The van der Waals surface area contributed by atoms with Crippen LogP contribution in [0.3, 0.4) is 0 Å². The maximum Gasteiger partial charge on any atom is 0.105 e. The van der Waals surface area contributed by atoms with Crippen LogP contribution in [0.1, 0.15) is 42.6 Å². The van der Waals surface area contributed by atoms with Crippen molar-refractivity contribution in [1.82, 2.24) is 0 Å². The molecule has 0 spiro atoms. The lowest BCUT2D eigenvalue weighted by molar-refractivity contribution is 0.221. The molecule has 2 heteroatoms. The normalized spacial score (nSPS) is 12.6. The van der Waals surface area contributed by atoms with Crippen LogP contribution in [0.25, 0.3) is 0 Å². The van der Waals surface area contributed by atoms with Crippen LogP contribution in [0.15, 0.2) is 41.1 Å². The van der Waals surface area contributed by atoms with E-state index in [-0.39, 0.29) is 0 Å². The zero-order chi connectivity index (χ0) is 12.1. The zero-order valence-corrected chi connectivity index (χ0v) is 10.9. The molecular weight excluding hydrogens is 228 g/mol. The quantitative estimate of drug-likeness (QED) is 0.839. The molecule has 1 atom stereocenters. The molecule has 17 heavy (non-hydrogen) atoms. The van der Waals surface area contributed by atoms with Crippen LogP contribution in [0.5, 0.6) is 0 Å². The van der Waals surface area contributed by atoms with E-state index < -0.39 is 6.10 Å². The maximum absolute atomic E-state index is 10.2. The standard InChI is InChI=1S/C15H18OS/c1-2-3-4-12-5-7-13(8-6-12)15(16)14-9-10-17-11-14/h5-11,15-16H,2-4H2,1H3/t15-/m0/s1. The van der Waals surface area contributed by atoms with Gasteiger partial charge in [0.15, 0.2) is 0 Å². The van der Waals surface area contributed by atoms with Gasteiger partial charge < -0.3 is 5.11 Å². The third-order valence-corrected chi connectivity index (χ3v) is 3.67. The largest absolute Gasteiger partial charge is 0.384 e. The van der Waals surface area contributed by atoms with Crippen LogP contribution < -0.4 is 0 Å². The second-order valence-corrected chi connectivity index (χ2v) is 5.08. The first-order valence-electron chi connectivity index (χ1n) is 6.10. The van der Waals surface area contributed by atoms with Gasteiger partial charge in [0.25, 0.3) is 0 Å². The Bertz CT molecular complexity index is 430. The topological polar surface area (TPSA) is 20.2 Å². The molecule has 1 heterocycles. The van der Waals surface area contributed by atoms with Crippen molar-refractivity contribution in [2.75, 3.05) is 0 Å². The highest BCUT2D eigenvalue weighted by molar-refractivity contribution is 7.07. The number of benzene rings is 1. The molecule has 90 valence electrons. The first-order chi connectivity index (χ1) is 8.31. The van der Waals surface area contributed by atoms with Gasteiger partial charge >= 0.3 is 0 Å². The molecule has 1 N–H and O–H groups in total. The summed E-state index contributed by atoms with van der Waals surface area (Å²) in [6, 6.07) is 10.3. The Balaban J connectivity index is 2.07. The summed E-state index contributed by atoms with van der Waals surface area (Å²) in [6.07, 6.45) is 3.10. The Kier molecular flexibility index (Phi) is 4.35. The minimum Gasteiger partial charge on any atom is -0.384 e. The third kappa shape index (κ3) is 3.18. The van der Waals surface area contributed by atoms with Gasteiger partial charge in [-0.3, -0.25) is 0 Å². The van der Waals surface area contributed by atoms with Crippen molar-refractivity contribution in [1.29, 1.82) is 0 Å². The molecule has 0 amide bonds. The van der Waals surface area contributed by atoms with E-state index in [1.165, 1.54) is 18.4 Å². The molecule has 0 radical (unpaired) electrons. The van der Waals surface area contributed by atoms with Gasteiger partial charge in [-0.05, 0) is 46.4 Å². The fourth-order valence-electron chi connectivity index (χ4n) is 1.87. The van der Waals surface area contributed by atoms with E-state index in [4.69, 9.17) is 0 Å². The Morgan fingerprint density at radius 3 is 2.47 bits per heavy atom. The third-order valence-electron chi connectivity index (χ3n) is 2.97. The average molecular weight is 246 g/mol.